The zero-order valence-electron chi connectivity index (χ0n) is 31.7. The Morgan fingerprint density at radius 3 is 2.04 bits per heavy atom. The monoisotopic (exact) mass is 819 g/mol. The third-order valence-electron chi connectivity index (χ3n) is 9.84. The van der Waals surface area contributed by atoms with Crippen molar-refractivity contribution < 1.29 is 54.1 Å². The van der Waals surface area contributed by atoms with Crippen molar-refractivity contribution in [2.75, 3.05) is 51.7 Å². The average Bonchev–Trinajstić information content (AvgIpc) is 4.05. The van der Waals surface area contributed by atoms with Crippen LogP contribution in [0.4, 0.5) is 33.5 Å². The van der Waals surface area contributed by atoms with E-state index in [-0.39, 0.29) is 49.8 Å². The summed E-state index contributed by atoms with van der Waals surface area (Å²) in [6, 6.07) is 12.9. The molecule has 18 heteroatoms. The number of hydrogen-bond donors (Lipinski definition) is 1. The molecule has 0 radical (unpaired) electrons. The molecule has 12 nitrogen and oxygen atoms in total. The maximum absolute atomic E-state index is 14.5. The lowest BCUT2D eigenvalue weighted by Crippen LogP contribution is -2.31. The van der Waals surface area contributed by atoms with Crippen LogP contribution >= 0.6 is 0 Å². The van der Waals surface area contributed by atoms with Crippen LogP contribution in [0.3, 0.4) is 0 Å². The fraction of sp³-hybridized carbons (Fsp3) is 0.410. The number of sulfonamides is 1. The average molecular weight is 820 g/mol. The third kappa shape index (κ3) is 9.50. The minimum absolute atomic E-state index is 0.0302. The number of aromatic nitrogens is 2. The molecule has 4 aromatic rings. The number of ether oxygens (including phenoxy) is 4. The second-order valence-corrected chi connectivity index (χ2v) is 15.6. The number of anilines is 2. The fourth-order valence-corrected chi connectivity index (χ4v) is 7.98. The Balaban J connectivity index is 1.37. The minimum atomic E-state index is -4.86. The first-order valence-corrected chi connectivity index (χ1v) is 19.4. The number of nitrogens with one attached hydrogen (secondary N) is 1. The van der Waals surface area contributed by atoms with Gasteiger partial charge in [0.05, 0.1) is 45.3 Å². The van der Waals surface area contributed by atoms with E-state index in [1.54, 1.807) is 36.4 Å². The van der Waals surface area contributed by atoms with Gasteiger partial charge in [-0.05, 0) is 43.5 Å². The molecular weight excluding hydrogens is 778 g/mol. The molecule has 1 saturated heterocycles. The van der Waals surface area contributed by atoms with E-state index in [1.165, 1.54) is 39.4 Å². The Bertz CT molecular complexity index is 2160. The van der Waals surface area contributed by atoms with Crippen molar-refractivity contribution in [1.29, 1.82) is 0 Å². The lowest BCUT2D eigenvalue weighted by atomic mass is 10.0. The lowest BCUT2D eigenvalue weighted by molar-refractivity contribution is -0.138. The largest absolute Gasteiger partial charge is 0.497 e. The Morgan fingerprint density at radius 2 is 1.49 bits per heavy atom. The van der Waals surface area contributed by atoms with Crippen molar-refractivity contribution in [3.63, 3.8) is 0 Å². The van der Waals surface area contributed by atoms with Crippen LogP contribution in [0, 0.1) is 0 Å². The highest BCUT2D eigenvalue weighted by molar-refractivity contribution is 7.89. The number of pyridine rings is 2. The highest BCUT2D eigenvalue weighted by atomic mass is 32.2. The third-order valence-corrected chi connectivity index (χ3v) is 11.5. The Labute approximate surface area is 327 Å². The van der Waals surface area contributed by atoms with Crippen LogP contribution in [0.1, 0.15) is 70.8 Å². The Hall–Kier alpha value is -5.23. The van der Waals surface area contributed by atoms with Crippen LogP contribution < -0.4 is 29.2 Å². The Kier molecular flexibility index (Phi) is 12.1. The molecular formula is C39H42F5N5O7S. The van der Waals surface area contributed by atoms with E-state index in [0.29, 0.717) is 53.0 Å². The van der Waals surface area contributed by atoms with Gasteiger partial charge in [0.15, 0.2) is 5.03 Å². The number of carbonyl (C=O) groups excluding carboxylic acids is 1. The van der Waals surface area contributed by atoms with Gasteiger partial charge in [0.2, 0.25) is 5.92 Å². The first-order valence-electron chi connectivity index (χ1n) is 18.0. The van der Waals surface area contributed by atoms with Crippen molar-refractivity contribution >= 4 is 27.4 Å². The number of alkyl halides is 5. The van der Waals surface area contributed by atoms with Gasteiger partial charge in [-0.15, -0.1) is 0 Å². The highest BCUT2D eigenvalue weighted by Gasteiger charge is 2.42. The van der Waals surface area contributed by atoms with Crippen molar-refractivity contribution in [1.82, 2.24) is 14.3 Å². The van der Waals surface area contributed by atoms with E-state index in [4.69, 9.17) is 18.9 Å². The number of carbonyl (C=O) groups is 1. The summed E-state index contributed by atoms with van der Waals surface area (Å²) < 4.78 is 124. The molecule has 1 aliphatic carbocycles. The molecule has 2 aliphatic rings. The number of benzene rings is 2. The predicted octanol–water partition coefficient (Wildman–Crippen LogP) is 7.68. The van der Waals surface area contributed by atoms with Gasteiger partial charge in [-0.2, -0.15) is 17.5 Å². The molecule has 0 atom stereocenters. The second kappa shape index (κ2) is 16.7. The van der Waals surface area contributed by atoms with E-state index in [1.807, 2.05) is 0 Å². The summed E-state index contributed by atoms with van der Waals surface area (Å²) in [6.07, 6.45) is -3.73. The van der Waals surface area contributed by atoms with Gasteiger partial charge >= 0.3 is 6.18 Å². The summed E-state index contributed by atoms with van der Waals surface area (Å²) in [6.45, 7) is -0.633. The zero-order chi connectivity index (χ0) is 41.1. The summed E-state index contributed by atoms with van der Waals surface area (Å²) in [5.41, 5.74) is -0.968. The van der Waals surface area contributed by atoms with Crippen molar-refractivity contribution in [3.8, 4) is 23.0 Å². The maximum atomic E-state index is 14.5. The van der Waals surface area contributed by atoms with E-state index in [2.05, 4.69) is 15.3 Å². The molecule has 0 unspecified atom stereocenters. The van der Waals surface area contributed by atoms with Crippen molar-refractivity contribution in [3.05, 3.63) is 88.7 Å². The number of nitrogens with zero attached hydrogens (tertiary/aromatic N) is 4. The van der Waals surface area contributed by atoms with E-state index in [0.717, 1.165) is 16.6 Å². The Morgan fingerprint density at radius 1 is 0.877 bits per heavy atom. The fourth-order valence-electron chi connectivity index (χ4n) is 6.63. The second-order valence-electron chi connectivity index (χ2n) is 13.7. The summed E-state index contributed by atoms with van der Waals surface area (Å²) in [5.74, 6) is -3.01. The highest BCUT2D eigenvalue weighted by Crippen LogP contribution is 2.47. The molecule has 57 heavy (non-hydrogen) atoms. The number of halogens is 5. The van der Waals surface area contributed by atoms with Crippen LogP contribution in [0.15, 0.2) is 65.8 Å². The zero-order valence-corrected chi connectivity index (χ0v) is 32.5. The van der Waals surface area contributed by atoms with Crippen molar-refractivity contribution in [2.45, 2.75) is 68.2 Å². The predicted molar refractivity (Wildman–Crippen MR) is 200 cm³/mol. The number of rotatable bonds is 14. The van der Waals surface area contributed by atoms with Crippen LogP contribution in [0.25, 0.3) is 0 Å². The van der Waals surface area contributed by atoms with E-state index < -0.39 is 62.9 Å². The molecule has 6 rings (SSSR count). The first kappa shape index (κ1) is 41.4. The van der Waals surface area contributed by atoms with Crippen LogP contribution in [-0.4, -0.2) is 76.0 Å². The van der Waals surface area contributed by atoms with Gasteiger partial charge < -0.3 is 29.2 Å². The topological polar surface area (TPSA) is 132 Å². The maximum Gasteiger partial charge on any atom is 0.418 e. The standard InChI is InChI=1S/C39H42F5N5O7S/c1-53-28-10-8-25(32(19-28)55-3)22-49(23-26-9-11-29(54-2)20-33(26)56-4)57(51,52)34-18-27(12-15-45-34)46-37(50)30-21-31(39(42,43)44)35(24-6-7-24)47-36(30)48-16-5-13-38(40,41)14-17-48/h8-12,15,18-21,24H,5-7,13-14,16-17,22-23H2,1-4H3,(H,45,46,50). The molecule has 1 saturated carbocycles. The smallest absolute Gasteiger partial charge is 0.418 e. The normalized spacial score (nSPS) is 15.9. The molecule has 1 N–H and O–H groups in total. The van der Waals surface area contributed by atoms with Gasteiger partial charge in [-0.25, -0.2) is 27.2 Å². The van der Waals surface area contributed by atoms with Crippen molar-refractivity contribution in [2.24, 2.45) is 0 Å². The quantitative estimate of drug-likeness (QED) is 0.126. The molecule has 3 heterocycles. The number of amides is 1. The molecule has 2 aromatic carbocycles. The van der Waals surface area contributed by atoms with Gasteiger partial charge in [-0.3, -0.25) is 4.79 Å². The molecule has 0 spiro atoms. The summed E-state index contributed by atoms with van der Waals surface area (Å²) in [4.78, 5) is 23.8. The summed E-state index contributed by atoms with van der Waals surface area (Å²) in [7, 11) is 1.29. The van der Waals surface area contributed by atoms with Crippen LogP contribution in [0.5, 0.6) is 23.0 Å². The summed E-state index contributed by atoms with van der Waals surface area (Å²) in [5, 5.41) is 2.02. The SMILES string of the molecule is COc1ccc(CN(Cc2ccc(OC)cc2OC)S(=O)(=O)c2cc(NC(=O)c3cc(C(F)(F)F)c(C4CC4)nc3N3CCCC(F)(F)CC3)ccn2)c(OC)c1. The molecule has 1 aliphatic heterocycles. The summed E-state index contributed by atoms with van der Waals surface area (Å²) >= 11 is 0. The molecule has 1 amide bonds. The van der Waals surface area contributed by atoms with Gasteiger partial charge in [-0.1, -0.05) is 12.1 Å². The first-order chi connectivity index (χ1) is 27.1. The van der Waals surface area contributed by atoms with E-state index in [9.17, 15) is 35.2 Å². The van der Waals surface area contributed by atoms with Gasteiger partial charge in [0.25, 0.3) is 15.9 Å². The van der Waals surface area contributed by atoms with Gasteiger partial charge in [0, 0.05) is 86.1 Å². The van der Waals surface area contributed by atoms with Gasteiger partial charge in [0.1, 0.15) is 28.8 Å². The molecule has 2 aromatic heterocycles. The minimum Gasteiger partial charge on any atom is -0.497 e. The van der Waals surface area contributed by atoms with Crippen LogP contribution in [0.2, 0.25) is 0 Å². The molecule has 306 valence electrons. The number of hydrogen-bond acceptors (Lipinski definition) is 10. The molecule has 0 bridgehead atoms. The lowest BCUT2D eigenvalue weighted by Gasteiger charge is -2.26. The van der Waals surface area contributed by atoms with E-state index >= 15 is 0 Å². The number of methoxy groups -OCH3 is 4. The van der Waals surface area contributed by atoms with Crippen LogP contribution in [-0.2, 0) is 29.3 Å². The molecule has 2 fully saturated rings.